The van der Waals surface area contributed by atoms with Gasteiger partial charge in [0.2, 0.25) is 10.0 Å². The second kappa shape index (κ2) is 10.9. The van der Waals surface area contributed by atoms with Crippen LogP contribution in [-0.4, -0.2) is 44.3 Å². The number of hydrogen-bond acceptors (Lipinski definition) is 5. The van der Waals surface area contributed by atoms with Gasteiger partial charge in [0.15, 0.2) is 6.61 Å². The topological polar surface area (TPSA) is 92.8 Å². The van der Waals surface area contributed by atoms with Crippen molar-refractivity contribution in [3.05, 3.63) is 59.2 Å². The highest BCUT2D eigenvalue weighted by atomic mass is 32.2. The van der Waals surface area contributed by atoms with Crippen molar-refractivity contribution in [1.82, 2.24) is 4.31 Å². The molecule has 0 saturated carbocycles. The van der Waals surface area contributed by atoms with Gasteiger partial charge in [-0.1, -0.05) is 51.0 Å². The van der Waals surface area contributed by atoms with Gasteiger partial charge in [-0.05, 0) is 55.0 Å². The Morgan fingerprint density at radius 1 is 1.03 bits per heavy atom. The van der Waals surface area contributed by atoms with Gasteiger partial charge in [-0.2, -0.15) is 4.31 Å². The first-order valence-corrected chi connectivity index (χ1v) is 12.8. The monoisotopic (exact) mass is 472 g/mol. The second-order valence-electron chi connectivity index (χ2n) is 8.66. The third-order valence-electron chi connectivity index (χ3n) is 5.80. The molecule has 0 atom stereocenters. The van der Waals surface area contributed by atoms with Gasteiger partial charge in [0.1, 0.15) is 0 Å². The Balaban J connectivity index is 1.66. The SMILES string of the molecule is Cc1cccc(C(C)C)c1NC(=O)COC(=O)c1cccc(S(=O)(=O)N2CCCCCC2)c1. The smallest absolute Gasteiger partial charge is 0.338 e. The molecule has 1 aliphatic rings. The van der Waals surface area contributed by atoms with Gasteiger partial charge in [-0.15, -0.1) is 0 Å². The first-order valence-electron chi connectivity index (χ1n) is 11.4. The molecule has 0 aromatic heterocycles. The van der Waals surface area contributed by atoms with Crippen LogP contribution in [0.3, 0.4) is 0 Å². The van der Waals surface area contributed by atoms with Crippen molar-refractivity contribution < 1.29 is 22.7 Å². The Kier molecular flexibility index (Phi) is 8.26. The number of hydrogen-bond donors (Lipinski definition) is 1. The molecule has 178 valence electrons. The van der Waals surface area contributed by atoms with E-state index in [0.717, 1.165) is 42.5 Å². The van der Waals surface area contributed by atoms with Crippen molar-refractivity contribution in [3.8, 4) is 0 Å². The number of nitrogens with one attached hydrogen (secondary N) is 1. The number of rotatable bonds is 7. The van der Waals surface area contributed by atoms with E-state index in [4.69, 9.17) is 4.74 Å². The average Bonchev–Trinajstić information content (AvgIpc) is 3.09. The van der Waals surface area contributed by atoms with Crippen LogP contribution in [0.4, 0.5) is 5.69 Å². The van der Waals surface area contributed by atoms with E-state index in [1.165, 1.54) is 28.6 Å². The molecular weight excluding hydrogens is 440 g/mol. The summed E-state index contributed by atoms with van der Waals surface area (Å²) < 4.78 is 32.7. The third kappa shape index (κ3) is 6.21. The highest BCUT2D eigenvalue weighted by molar-refractivity contribution is 7.89. The van der Waals surface area contributed by atoms with E-state index < -0.39 is 28.5 Å². The molecule has 0 radical (unpaired) electrons. The molecule has 1 aliphatic heterocycles. The van der Waals surface area contributed by atoms with Crippen LogP contribution in [0.1, 0.15) is 66.9 Å². The summed E-state index contributed by atoms with van der Waals surface area (Å²) in [5.74, 6) is -0.975. The standard InChI is InChI=1S/C25H32N2O5S/c1-18(2)22-13-8-10-19(3)24(22)26-23(28)17-32-25(29)20-11-9-12-21(16-20)33(30,31)27-14-6-4-5-7-15-27/h8-13,16,18H,4-7,14-15,17H2,1-3H3,(H,26,28). The molecule has 0 aliphatic carbocycles. The van der Waals surface area contributed by atoms with E-state index in [-0.39, 0.29) is 16.4 Å². The van der Waals surface area contributed by atoms with Crippen molar-refractivity contribution in [3.63, 3.8) is 0 Å². The Bertz CT molecular complexity index is 1100. The van der Waals surface area contributed by atoms with Crippen molar-refractivity contribution in [1.29, 1.82) is 0 Å². The van der Waals surface area contributed by atoms with Crippen molar-refractivity contribution >= 4 is 27.6 Å². The number of para-hydroxylation sites is 1. The zero-order valence-corrected chi connectivity index (χ0v) is 20.3. The quantitative estimate of drug-likeness (QED) is 0.600. The molecule has 8 heteroatoms. The first-order chi connectivity index (χ1) is 15.7. The summed E-state index contributed by atoms with van der Waals surface area (Å²) in [4.78, 5) is 25.1. The van der Waals surface area contributed by atoms with Crippen LogP contribution in [0.5, 0.6) is 0 Å². The van der Waals surface area contributed by atoms with Gasteiger partial charge in [0.25, 0.3) is 5.91 Å². The summed E-state index contributed by atoms with van der Waals surface area (Å²) >= 11 is 0. The van der Waals surface area contributed by atoms with Crippen LogP contribution in [-0.2, 0) is 19.6 Å². The van der Waals surface area contributed by atoms with E-state index in [1.54, 1.807) is 0 Å². The highest BCUT2D eigenvalue weighted by Gasteiger charge is 2.26. The van der Waals surface area contributed by atoms with E-state index >= 15 is 0 Å². The van der Waals surface area contributed by atoms with E-state index in [1.807, 2.05) is 39.0 Å². The van der Waals surface area contributed by atoms with Crippen molar-refractivity contribution in [2.24, 2.45) is 0 Å². The largest absolute Gasteiger partial charge is 0.452 e. The lowest BCUT2D eigenvalue weighted by Gasteiger charge is -2.20. The maximum Gasteiger partial charge on any atom is 0.338 e. The number of benzene rings is 2. The lowest BCUT2D eigenvalue weighted by atomic mass is 9.98. The molecule has 7 nitrogen and oxygen atoms in total. The minimum Gasteiger partial charge on any atom is -0.452 e. The minimum absolute atomic E-state index is 0.0600. The summed E-state index contributed by atoms with van der Waals surface area (Å²) in [7, 11) is -3.68. The summed E-state index contributed by atoms with van der Waals surface area (Å²) in [5.41, 5.74) is 2.74. The molecule has 33 heavy (non-hydrogen) atoms. The zero-order valence-electron chi connectivity index (χ0n) is 19.5. The average molecular weight is 473 g/mol. The van der Waals surface area contributed by atoms with Crippen molar-refractivity contribution in [2.75, 3.05) is 25.0 Å². The molecule has 0 bridgehead atoms. The summed E-state index contributed by atoms with van der Waals surface area (Å²) in [6.07, 6.45) is 3.69. The number of amides is 1. The van der Waals surface area contributed by atoms with Gasteiger partial charge in [0, 0.05) is 18.8 Å². The fraction of sp³-hybridized carbons (Fsp3) is 0.440. The van der Waals surface area contributed by atoms with E-state index in [2.05, 4.69) is 5.32 Å². The van der Waals surface area contributed by atoms with Crippen LogP contribution in [0.2, 0.25) is 0 Å². The normalized spacial score (nSPS) is 15.2. The lowest BCUT2D eigenvalue weighted by Crippen LogP contribution is -2.32. The summed E-state index contributed by atoms with van der Waals surface area (Å²) in [6, 6.07) is 11.6. The van der Waals surface area contributed by atoms with E-state index in [0.29, 0.717) is 13.1 Å². The number of aryl methyl sites for hydroxylation is 1. The number of esters is 1. The number of ether oxygens (including phenoxy) is 1. The van der Waals surface area contributed by atoms with Crippen molar-refractivity contribution in [2.45, 2.75) is 57.3 Å². The maximum absolute atomic E-state index is 13.0. The van der Waals surface area contributed by atoms with Crippen LogP contribution < -0.4 is 5.32 Å². The number of sulfonamides is 1. The van der Waals surface area contributed by atoms with Crippen LogP contribution in [0.25, 0.3) is 0 Å². The Hall–Kier alpha value is -2.71. The van der Waals surface area contributed by atoms with Gasteiger partial charge in [0.05, 0.1) is 10.5 Å². The van der Waals surface area contributed by atoms with Gasteiger partial charge in [-0.3, -0.25) is 4.79 Å². The number of carbonyl (C=O) groups excluding carboxylic acids is 2. The van der Waals surface area contributed by atoms with Gasteiger partial charge in [-0.25, -0.2) is 13.2 Å². The molecule has 2 aromatic carbocycles. The molecule has 0 spiro atoms. The predicted molar refractivity (Wildman–Crippen MR) is 128 cm³/mol. The molecule has 1 N–H and O–H groups in total. The first kappa shape index (κ1) is 24.9. The van der Waals surface area contributed by atoms with Crippen LogP contribution in [0, 0.1) is 6.92 Å². The Morgan fingerprint density at radius 3 is 2.36 bits per heavy atom. The Morgan fingerprint density at radius 2 is 1.70 bits per heavy atom. The number of carbonyl (C=O) groups is 2. The highest BCUT2D eigenvalue weighted by Crippen LogP contribution is 2.27. The molecule has 1 fully saturated rings. The molecule has 1 amide bonds. The number of anilines is 1. The maximum atomic E-state index is 13.0. The predicted octanol–water partition coefficient (Wildman–Crippen LogP) is 4.48. The fourth-order valence-corrected chi connectivity index (χ4v) is 5.51. The van der Waals surface area contributed by atoms with Crippen LogP contribution in [0.15, 0.2) is 47.4 Å². The second-order valence-corrected chi connectivity index (χ2v) is 10.6. The summed E-state index contributed by atoms with van der Waals surface area (Å²) in [5, 5.41) is 2.83. The van der Waals surface area contributed by atoms with Gasteiger partial charge >= 0.3 is 5.97 Å². The molecule has 2 aromatic rings. The van der Waals surface area contributed by atoms with E-state index in [9.17, 15) is 18.0 Å². The minimum atomic E-state index is -3.68. The molecule has 1 saturated heterocycles. The molecule has 1 heterocycles. The molecule has 0 unspecified atom stereocenters. The zero-order chi connectivity index (χ0) is 24.0. The third-order valence-corrected chi connectivity index (χ3v) is 7.69. The lowest BCUT2D eigenvalue weighted by molar-refractivity contribution is -0.119. The van der Waals surface area contributed by atoms with Crippen LogP contribution >= 0.6 is 0 Å². The molecular formula is C25H32N2O5S. The summed E-state index contributed by atoms with van der Waals surface area (Å²) in [6.45, 7) is 6.48. The fourth-order valence-electron chi connectivity index (χ4n) is 3.95. The number of nitrogens with zero attached hydrogens (tertiary/aromatic N) is 1. The van der Waals surface area contributed by atoms with Gasteiger partial charge < -0.3 is 10.1 Å². The molecule has 3 rings (SSSR count). The Labute approximate surface area is 196 Å².